The molecule has 0 bridgehead atoms. The van der Waals surface area contributed by atoms with E-state index >= 15 is 0 Å². The van der Waals surface area contributed by atoms with E-state index in [-0.39, 0.29) is 6.42 Å². The van der Waals surface area contributed by atoms with Gasteiger partial charge in [-0.05, 0) is 54.2 Å². The topological polar surface area (TPSA) is 46.5 Å². The molecular weight excluding hydrogens is 357 g/mol. The number of benzene rings is 2. The number of halogens is 3. The Morgan fingerprint density at radius 1 is 0.926 bits per heavy atom. The van der Waals surface area contributed by atoms with Gasteiger partial charge in [-0.1, -0.05) is 36.4 Å². The molecular formula is C21H21F3O3. The molecule has 0 radical (unpaired) electrons. The highest BCUT2D eigenvalue weighted by Gasteiger charge is 2.25. The molecule has 1 N–H and O–H groups in total. The van der Waals surface area contributed by atoms with Crippen LogP contribution in [0.4, 0.5) is 13.2 Å². The van der Waals surface area contributed by atoms with E-state index in [9.17, 15) is 18.0 Å². The number of unbranched alkanes of at least 4 members (excludes halogenated alkanes) is 2. The van der Waals surface area contributed by atoms with E-state index in [4.69, 9.17) is 9.84 Å². The molecule has 0 heterocycles. The summed E-state index contributed by atoms with van der Waals surface area (Å²) in [4.78, 5) is 10.5. The Balaban J connectivity index is 1.80. The minimum absolute atomic E-state index is 0.128. The van der Waals surface area contributed by atoms with Crippen LogP contribution in [0.1, 0.15) is 31.2 Å². The molecule has 0 spiro atoms. The summed E-state index contributed by atoms with van der Waals surface area (Å²) in [7, 11) is 0. The van der Waals surface area contributed by atoms with Crippen LogP contribution >= 0.6 is 0 Å². The molecule has 0 aliphatic heterocycles. The molecule has 0 atom stereocenters. The summed E-state index contributed by atoms with van der Waals surface area (Å²) in [5.41, 5.74) is 2.77. The Hall–Kier alpha value is -2.76. The van der Waals surface area contributed by atoms with E-state index in [1.807, 2.05) is 48.5 Å². The first-order valence-electron chi connectivity index (χ1n) is 8.64. The van der Waals surface area contributed by atoms with Crippen molar-refractivity contribution in [2.75, 3.05) is 6.61 Å². The number of hydrogen-bond acceptors (Lipinski definition) is 2. The summed E-state index contributed by atoms with van der Waals surface area (Å²) in [5.74, 6) is -0.314. The number of carboxylic acid groups (broad SMARTS) is 1. The average Bonchev–Trinajstić information content (AvgIpc) is 2.63. The van der Waals surface area contributed by atoms with Gasteiger partial charge in [0.05, 0.1) is 6.61 Å². The first-order valence-corrected chi connectivity index (χ1v) is 8.64. The van der Waals surface area contributed by atoms with Crippen LogP contribution in [0.15, 0.2) is 54.6 Å². The molecule has 3 nitrogen and oxygen atoms in total. The maximum atomic E-state index is 12.0. The minimum atomic E-state index is -4.08. The van der Waals surface area contributed by atoms with Crippen LogP contribution in [0.5, 0.6) is 5.75 Å². The third-order valence-corrected chi connectivity index (χ3v) is 3.89. The number of hydrogen-bond donors (Lipinski definition) is 1. The van der Waals surface area contributed by atoms with Gasteiger partial charge in [-0.3, -0.25) is 0 Å². The average molecular weight is 378 g/mol. The van der Waals surface area contributed by atoms with Gasteiger partial charge in [-0.2, -0.15) is 13.2 Å². The predicted molar refractivity (Wildman–Crippen MR) is 98.6 cm³/mol. The third kappa shape index (κ3) is 7.98. The van der Waals surface area contributed by atoms with Crippen LogP contribution in [0.2, 0.25) is 0 Å². The molecule has 0 amide bonds. The highest BCUT2D eigenvalue weighted by atomic mass is 19.4. The van der Waals surface area contributed by atoms with Gasteiger partial charge in [-0.25, -0.2) is 4.79 Å². The lowest BCUT2D eigenvalue weighted by Gasteiger charge is -2.08. The van der Waals surface area contributed by atoms with Gasteiger partial charge in [0.15, 0.2) is 0 Å². The predicted octanol–water partition coefficient (Wildman–Crippen LogP) is 5.95. The number of aliphatic carboxylic acids is 1. The molecule has 27 heavy (non-hydrogen) atoms. The van der Waals surface area contributed by atoms with E-state index in [1.54, 1.807) is 0 Å². The molecule has 2 aromatic carbocycles. The number of carbonyl (C=O) groups is 1. The summed E-state index contributed by atoms with van der Waals surface area (Å²) in [6, 6.07) is 14.9. The van der Waals surface area contributed by atoms with E-state index in [2.05, 4.69) is 0 Å². The van der Waals surface area contributed by atoms with Gasteiger partial charge in [0.25, 0.3) is 0 Å². The summed E-state index contributed by atoms with van der Waals surface area (Å²) in [5, 5.41) is 8.63. The molecule has 0 aromatic heterocycles. The van der Waals surface area contributed by atoms with Crippen molar-refractivity contribution in [3.8, 4) is 16.9 Å². The van der Waals surface area contributed by atoms with Crippen molar-refractivity contribution >= 4 is 12.0 Å². The van der Waals surface area contributed by atoms with Gasteiger partial charge in [0.2, 0.25) is 0 Å². The Bertz CT molecular complexity index is 748. The molecule has 2 rings (SSSR count). The Morgan fingerprint density at radius 2 is 1.52 bits per heavy atom. The van der Waals surface area contributed by atoms with Crippen molar-refractivity contribution in [3.63, 3.8) is 0 Å². The highest BCUT2D eigenvalue weighted by Crippen LogP contribution is 2.24. The van der Waals surface area contributed by atoms with E-state index in [0.717, 1.165) is 22.8 Å². The van der Waals surface area contributed by atoms with Crippen molar-refractivity contribution in [1.82, 2.24) is 0 Å². The van der Waals surface area contributed by atoms with E-state index < -0.39 is 18.6 Å². The van der Waals surface area contributed by atoms with Crippen molar-refractivity contribution in [3.05, 3.63) is 60.2 Å². The summed E-state index contributed by atoms with van der Waals surface area (Å²) < 4.78 is 41.7. The zero-order valence-electron chi connectivity index (χ0n) is 14.7. The number of ether oxygens (including phenoxy) is 1. The zero-order chi connectivity index (χ0) is 19.7. The van der Waals surface area contributed by atoms with Gasteiger partial charge in [0.1, 0.15) is 5.75 Å². The second-order valence-corrected chi connectivity index (χ2v) is 6.09. The molecule has 0 aliphatic rings. The van der Waals surface area contributed by atoms with Gasteiger partial charge in [-0.15, -0.1) is 0 Å². The van der Waals surface area contributed by atoms with Gasteiger partial charge < -0.3 is 9.84 Å². The van der Waals surface area contributed by atoms with Crippen molar-refractivity contribution in [2.24, 2.45) is 0 Å². The normalized spacial score (nSPS) is 11.7. The standard InChI is InChI=1S/C21H21F3O3/c22-21(23,24)14-2-1-3-15-27-19-11-9-18(10-12-19)17-7-4-16(5-8-17)6-13-20(25)26/h4-13H,1-3,14-15H2,(H,25,26). The van der Waals surface area contributed by atoms with Gasteiger partial charge in [0, 0.05) is 12.5 Å². The minimum Gasteiger partial charge on any atom is -0.494 e. The summed E-state index contributed by atoms with van der Waals surface area (Å²) >= 11 is 0. The molecule has 0 saturated carbocycles. The van der Waals surface area contributed by atoms with Crippen molar-refractivity contribution < 1.29 is 27.8 Å². The quantitative estimate of drug-likeness (QED) is 0.433. The van der Waals surface area contributed by atoms with Crippen LogP contribution in [-0.2, 0) is 4.79 Å². The van der Waals surface area contributed by atoms with Crippen LogP contribution < -0.4 is 4.74 Å². The number of alkyl halides is 3. The zero-order valence-corrected chi connectivity index (χ0v) is 14.7. The molecule has 0 fully saturated rings. The lowest BCUT2D eigenvalue weighted by Crippen LogP contribution is -2.06. The molecule has 0 aliphatic carbocycles. The maximum absolute atomic E-state index is 12.0. The van der Waals surface area contributed by atoms with Crippen LogP contribution in [0.25, 0.3) is 17.2 Å². The summed E-state index contributed by atoms with van der Waals surface area (Å²) in [6.45, 7) is 0.391. The third-order valence-electron chi connectivity index (χ3n) is 3.89. The molecule has 144 valence electrons. The van der Waals surface area contributed by atoms with E-state index in [0.29, 0.717) is 25.2 Å². The Morgan fingerprint density at radius 3 is 2.07 bits per heavy atom. The summed E-state index contributed by atoms with van der Waals surface area (Å²) in [6.07, 6.45) is -1.01. The largest absolute Gasteiger partial charge is 0.494 e. The smallest absolute Gasteiger partial charge is 0.389 e. The fourth-order valence-electron chi connectivity index (χ4n) is 2.49. The maximum Gasteiger partial charge on any atom is 0.389 e. The SMILES string of the molecule is O=C(O)C=Cc1ccc(-c2ccc(OCCCCCC(F)(F)F)cc2)cc1. The van der Waals surface area contributed by atoms with Crippen LogP contribution in [0.3, 0.4) is 0 Å². The Labute approximate surface area is 156 Å². The first kappa shape index (κ1) is 20.6. The Kier molecular flexibility index (Phi) is 7.46. The monoisotopic (exact) mass is 378 g/mol. The van der Waals surface area contributed by atoms with Crippen molar-refractivity contribution in [2.45, 2.75) is 31.9 Å². The molecule has 0 unspecified atom stereocenters. The first-order chi connectivity index (χ1) is 12.8. The second kappa shape index (κ2) is 9.80. The second-order valence-electron chi connectivity index (χ2n) is 6.09. The number of carboxylic acids is 1. The van der Waals surface area contributed by atoms with Gasteiger partial charge >= 0.3 is 12.1 Å². The highest BCUT2D eigenvalue weighted by molar-refractivity contribution is 5.85. The lowest BCUT2D eigenvalue weighted by molar-refractivity contribution is -0.135. The van der Waals surface area contributed by atoms with Crippen LogP contribution in [0, 0.1) is 0 Å². The molecule has 2 aromatic rings. The lowest BCUT2D eigenvalue weighted by atomic mass is 10.0. The molecule has 6 heteroatoms. The fraction of sp³-hybridized carbons (Fsp3) is 0.286. The fourth-order valence-corrected chi connectivity index (χ4v) is 2.49. The molecule has 0 saturated heterocycles. The van der Waals surface area contributed by atoms with Crippen molar-refractivity contribution in [1.29, 1.82) is 0 Å². The van der Waals surface area contributed by atoms with Crippen LogP contribution in [-0.4, -0.2) is 23.9 Å². The van der Waals surface area contributed by atoms with E-state index in [1.165, 1.54) is 6.08 Å². The number of rotatable bonds is 9.